The fourth-order valence-corrected chi connectivity index (χ4v) is 5.04. The summed E-state index contributed by atoms with van der Waals surface area (Å²) in [5.41, 5.74) is 6.87. The second kappa shape index (κ2) is 9.02. The van der Waals surface area contributed by atoms with E-state index in [-0.39, 0.29) is 24.7 Å². The number of hydrogen-bond donors (Lipinski definition) is 4. The number of aromatic nitrogens is 2. The fourth-order valence-electron chi connectivity index (χ4n) is 3.42. The highest BCUT2D eigenvalue weighted by molar-refractivity contribution is 14.1. The number of amides is 4. The molecule has 12 heteroatoms. The van der Waals surface area contributed by atoms with E-state index in [2.05, 4.69) is 43.2 Å². The van der Waals surface area contributed by atoms with Crippen LogP contribution in [0.2, 0.25) is 0 Å². The van der Waals surface area contributed by atoms with Crippen LogP contribution in [0.3, 0.4) is 0 Å². The lowest BCUT2D eigenvalue weighted by atomic mass is 10.1. The molecule has 1 aromatic heterocycles. The number of imidazole rings is 1. The van der Waals surface area contributed by atoms with Gasteiger partial charge < -0.3 is 20.9 Å². The Kier molecular flexibility index (Phi) is 6.90. The summed E-state index contributed by atoms with van der Waals surface area (Å²) in [7, 11) is 0. The monoisotopic (exact) mass is 614 g/mol. The van der Waals surface area contributed by atoms with Crippen LogP contribution < -0.4 is 16.4 Å². The summed E-state index contributed by atoms with van der Waals surface area (Å²) in [5.74, 6) is -1.62. The van der Waals surface area contributed by atoms with Crippen molar-refractivity contribution in [1.82, 2.24) is 25.5 Å². The van der Waals surface area contributed by atoms with Gasteiger partial charge in [-0.3, -0.25) is 24.5 Å². The third kappa shape index (κ3) is 4.82. The number of halogens is 2. The number of aromatic amines is 1. The molecule has 0 radical (unpaired) electrons. The third-order valence-electron chi connectivity index (χ3n) is 4.84. The van der Waals surface area contributed by atoms with E-state index in [1.807, 2.05) is 22.6 Å². The topological polar surface area (TPSA) is 150 Å². The van der Waals surface area contributed by atoms with Crippen LogP contribution in [-0.2, 0) is 25.6 Å². The molecule has 0 spiro atoms. The van der Waals surface area contributed by atoms with Gasteiger partial charge in [0.15, 0.2) is 3.83 Å². The first-order chi connectivity index (χ1) is 13.3. The van der Waals surface area contributed by atoms with Gasteiger partial charge in [0.05, 0.1) is 11.7 Å². The summed E-state index contributed by atoms with van der Waals surface area (Å²) >= 11 is 4.12. The number of nitrogens with two attached hydrogens (primary N) is 1. The Bertz CT molecular complexity index is 813. The lowest BCUT2D eigenvalue weighted by molar-refractivity contribution is -0.142. The van der Waals surface area contributed by atoms with E-state index in [0.29, 0.717) is 29.6 Å². The Morgan fingerprint density at radius 2 is 2.04 bits per heavy atom. The molecule has 2 aliphatic heterocycles. The number of nitrogens with one attached hydrogen (secondary N) is 3. The van der Waals surface area contributed by atoms with E-state index in [1.165, 1.54) is 4.90 Å². The molecular weight excluding hydrogens is 594 g/mol. The van der Waals surface area contributed by atoms with Gasteiger partial charge in [0.1, 0.15) is 15.8 Å². The van der Waals surface area contributed by atoms with Crippen LogP contribution in [0.1, 0.15) is 31.4 Å². The molecule has 3 rings (SSSR count). The molecule has 4 amide bonds. The maximum absolute atomic E-state index is 12.8. The van der Waals surface area contributed by atoms with E-state index >= 15 is 0 Å². The predicted octanol–water partition coefficient (Wildman–Crippen LogP) is -0.599. The zero-order valence-corrected chi connectivity index (χ0v) is 19.2. The lowest BCUT2D eigenvalue weighted by Gasteiger charge is -2.26. The molecule has 28 heavy (non-hydrogen) atoms. The first-order valence-corrected chi connectivity index (χ1v) is 11.0. The highest BCUT2D eigenvalue weighted by atomic mass is 127. The van der Waals surface area contributed by atoms with E-state index in [1.54, 1.807) is 0 Å². The number of likely N-dealkylation sites (tertiary alicyclic amines) is 1. The molecule has 3 atom stereocenters. The highest BCUT2D eigenvalue weighted by Gasteiger charge is 2.38. The molecule has 0 saturated carbocycles. The third-order valence-corrected chi connectivity index (χ3v) is 6.24. The van der Waals surface area contributed by atoms with Crippen LogP contribution in [0.15, 0.2) is 0 Å². The van der Waals surface area contributed by atoms with Crippen molar-refractivity contribution in [3.63, 3.8) is 0 Å². The van der Waals surface area contributed by atoms with Gasteiger partial charge in [-0.15, -0.1) is 0 Å². The van der Waals surface area contributed by atoms with Crippen molar-refractivity contribution in [2.45, 2.75) is 50.2 Å². The van der Waals surface area contributed by atoms with Crippen molar-refractivity contribution < 1.29 is 19.2 Å². The SMILES string of the molecule is N[C@@H](Cc1[nH]c(I)nc1I)C(=O)N1CCC[C@H]1C(=O)NC(=O)[C@@H]1CCC(=O)N1. The zero-order chi connectivity index (χ0) is 20.4. The number of imide groups is 1. The van der Waals surface area contributed by atoms with Gasteiger partial charge in [0.2, 0.25) is 23.6 Å². The van der Waals surface area contributed by atoms with Crippen molar-refractivity contribution in [2.24, 2.45) is 5.73 Å². The quantitative estimate of drug-likeness (QED) is 0.257. The summed E-state index contributed by atoms with van der Waals surface area (Å²) in [6.07, 6.45) is 2.03. The Labute approximate surface area is 188 Å². The molecule has 152 valence electrons. The van der Waals surface area contributed by atoms with Crippen LogP contribution in [-0.4, -0.2) is 63.2 Å². The first kappa shape index (κ1) is 21.4. The number of H-pyrrole nitrogens is 1. The molecule has 5 N–H and O–H groups in total. The molecule has 2 fully saturated rings. The Morgan fingerprint density at radius 1 is 1.29 bits per heavy atom. The molecule has 1 aromatic rings. The van der Waals surface area contributed by atoms with Gasteiger partial charge in [-0.2, -0.15) is 0 Å². The van der Waals surface area contributed by atoms with E-state index in [0.717, 1.165) is 9.39 Å². The average Bonchev–Trinajstić information content (AvgIpc) is 3.35. The second-order valence-corrected chi connectivity index (χ2v) is 8.85. The summed E-state index contributed by atoms with van der Waals surface area (Å²) in [6.45, 7) is 0.413. The van der Waals surface area contributed by atoms with Crippen molar-refractivity contribution in [3.8, 4) is 0 Å². The van der Waals surface area contributed by atoms with Gasteiger partial charge in [-0.1, -0.05) is 0 Å². The van der Waals surface area contributed by atoms with Crippen molar-refractivity contribution in [1.29, 1.82) is 0 Å². The zero-order valence-electron chi connectivity index (χ0n) is 14.8. The molecule has 10 nitrogen and oxygen atoms in total. The molecule has 3 heterocycles. The minimum Gasteiger partial charge on any atom is -0.344 e. The largest absolute Gasteiger partial charge is 0.344 e. The number of carbonyl (C=O) groups excluding carboxylic acids is 4. The van der Waals surface area contributed by atoms with E-state index < -0.39 is 29.9 Å². The van der Waals surface area contributed by atoms with Crippen molar-refractivity contribution in [2.75, 3.05) is 6.54 Å². The molecule has 2 saturated heterocycles. The smallest absolute Gasteiger partial charge is 0.249 e. The maximum Gasteiger partial charge on any atom is 0.249 e. The predicted molar refractivity (Wildman–Crippen MR) is 115 cm³/mol. The number of hydrogen-bond acceptors (Lipinski definition) is 6. The lowest BCUT2D eigenvalue weighted by Crippen LogP contribution is -2.54. The fraction of sp³-hybridized carbons (Fsp3) is 0.562. The summed E-state index contributed by atoms with van der Waals surface area (Å²) < 4.78 is 1.47. The van der Waals surface area contributed by atoms with Crippen LogP contribution in [0, 0.1) is 7.53 Å². The summed E-state index contributed by atoms with van der Waals surface area (Å²) in [6, 6.07) is -2.25. The van der Waals surface area contributed by atoms with E-state index in [4.69, 9.17) is 5.73 Å². The minimum absolute atomic E-state index is 0.209. The molecule has 0 unspecified atom stereocenters. The maximum atomic E-state index is 12.8. The van der Waals surface area contributed by atoms with Gasteiger partial charge in [0.25, 0.3) is 0 Å². The highest BCUT2D eigenvalue weighted by Crippen LogP contribution is 2.20. The van der Waals surface area contributed by atoms with E-state index in [9.17, 15) is 19.2 Å². The van der Waals surface area contributed by atoms with Gasteiger partial charge in [-0.25, -0.2) is 4.98 Å². The normalized spacial score (nSPS) is 22.8. The van der Waals surface area contributed by atoms with Gasteiger partial charge >= 0.3 is 0 Å². The van der Waals surface area contributed by atoms with Gasteiger partial charge in [-0.05, 0) is 64.4 Å². The Hall–Kier alpha value is -1.29. The first-order valence-electron chi connectivity index (χ1n) is 8.86. The summed E-state index contributed by atoms with van der Waals surface area (Å²) in [5, 5.41) is 4.85. The van der Waals surface area contributed by atoms with Crippen molar-refractivity contribution in [3.05, 3.63) is 13.2 Å². The second-order valence-electron chi connectivity index (χ2n) is 6.81. The van der Waals surface area contributed by atoms with Crippen LogP contribution in [0.5, 0.6) is 0 Å². The van der Waals surface area contributed by atoms with Crippen LogP contribution >= 0.6 is 45.2 Å². The van der Waals surface area contributed by atoms with Crippen molar-refractivity contribution >= 4 is 68.8 Å². The average molecular weight is 614 g/mol. The molecule has 0 bridgehead atoms. The number of carbonyl (C=O) groups is 4. The Balaban J connectivity index is 1.60. The minimum atomic E-state index is -0.817. The molecule has 0 aliphatic carbocycles. The molecule has 2 aliphatic rings. The number of rotatable bonds is 5. The molecule has 0 aromatic carbocycles. The molecular formula is C16H20I2N6O4. The Morgan fingerprint density at radius 3 is 2.64 bits per heavy atom. The van der Waals surface area contributed by atoms with Crippen LogP contribution in [0.4, 0.5) is 0 Å². The van der Waals surface area contributed by atoms with Gasteiger partial charge in [0, 0.05) is 19.4 Å². The standard InChI is InChI=1S/C16H20I2N6O4/c17-12-9(21-16(18)22-12)6-7(19)15(28)24-5-1-2-10(24)14(27)23-13(26)8-3-4-11(25)20-8/h7-8,10H,1-6,19H2,(H,20,25)(H,21,22)(H,23,26,27)/t7-,8-,10-/m0/s1. The summed E-state index contributed by atoms with van der Waals surface area (Å²) in [4.78, 5) is 57.5. The number of nitrogens with zero attached hydrogens (tertiary/aromatic N) is 2. The van der Waals surface area contributed by atoms with Crippen LogP contribution in [0.25, 0.3) is 0 Å².